The number of hydrogen-bond acceptors (Lipinski definition) is 2. The van der Waals surface area contributed by atoms with Gasteiger partial charge in [-0.3, -0.25) is 0 Å². The van der Waals surface area contributed by atoms with Crippen LogP contribution in [0, 0.1) is 0 Å². The first-order valence-corrected chi connectivity index (χ1v) is 5.61. The summed E-state index contributed by atoms with van der Waals surface area (Å²) in [5, 5.41) is 9.63. The Morgan fingerprint density at radius 1 is 1.07 bits per heavy atom. The van der Waals surface area contributed by atoms with Crippen molar-refractivity contribution in [2.75, 3.05) is 0 Å². The molecule has 0 amide bonds. The molecule has 2 nitrogen and oxygen atoms in total. The standard InChI is InChI=1S/C13H16N2/c1-2-3-4-8-12-10-11-7-5-6-9-13(11)15-14-12/h5-7,9-10H,2-4,8H2,1H3. The molecular formula is C13H16N2. The molecule has 0 aliphatic carbocycles. The fourth-order valence-electron chi connectivity index (χ4n) is 1.71. The second-order valence-corrected chi connectivity index (χ2v) is 3.85. The van der Waals surface area contributed by atoms with Gasteiger partial charge < -0.3 is 0 Å². The average Bonchev–Trinajstić information content (AvgIpc) is 2.29. The van der Waals surface area contributed by atoms with E-state index in [1.165, 1.54) is 24.6 Å². The van der Waals surface area contributed by atoms with Crippen LogP contribution in [0.5, 0.6) is 0 Å². The number of rotatable bonds is 4. The van der Waals surface area contributed by atoms with Crippen LogP contribution in [0.1, 0.15) is 31.9 Å². The highest BCUT2D eigenvalue weighted by Gasteiger charge is 1.98. The number of unbranched alkanes of at least 4 members (excludes halogenated alkanes) is 2. The number of benzene rings is 1. The van der Waals surface area contributed by atoms with Crippen LogP contribution in [0.3, 0.4) is 0 Å². The predicted molar refractivity (Wildman–Crippen MR) is 62.8 cm³/mol. The summed E-state index contributed by atoms with van der Waals surface area (Å²) in [5.74, 6) is 0. The van der Waals surface area contributed by atoms with E-state index in [4.69, 9.17) is 0 Å². The lowest BCUT2D eigenvalue weighted by atomic mass is 10.1. The zero-order chi connectivity index (χ0) is 10.5. The highest BCUT2D eigenvalue weighted by molar-refractivity contribution is 5.77. The van der Waals surface area contributed by atoms with Gasteiger partial charge in [0, 0.05) is 5.39 Å². The van der Waals surface area contributed by atoms with E-state index in [1.54, 1.807) is 0 Å². The molecule has 0 fully saturated rings. The Hall–Kier alpha value is -1.44. The lowest BCUT2D eigenvalue weighted by Gasteiger charge is -2.00. The number of fused-ring (bicyclic) bond motifs is 1. The van der Waals surface area contributed by atoms with Crippen molar-refractivity contribution in [1.29, 1.82) is 0 Å². The second-order valence-electron chi connectivity index (χ2n) is 3.85. The van der Waals surface area contributed by atoms with E-state index in [-0.39, 0.29) is 0 Å². The molecule has 1 aromatic heterocycles. The molecule has 0 bridgehead atoms. The fourth-order valence-corrected chi connectivity index (χ4v) is 1.71. The van der Waals surface area contributed by atoms with Crippen LogP contribution < -0.4 is 0 Å². The van der Waals surface area contributed by atoms with Gasteiger partial charge in [-0.1, -0.05) is 38.0 Å². The molecule has 0 aliphatic heterocycles. The first kappa shape index (κ1) is 10.1. The van der Waals surface area contributed by atoms with Crippen LogP contribution in [0.4, 0.5) is 0 Å². The second kappa shape index (κ2) is 4.87. The first-order valence-electron chi connectivity index (χ1n) is 5.61. The molecule has 2 heteroatoms. The summed E-state index contributed by atoms with van der Waals surface area (Å²) >= 11 is 0. The van der Waals surface area contributed by atoms with Crippen molar-refractivity contribution in [2.24, 2.45) is 0 Å². The zero-order valence-corrected chi connectivity index (χ0v) is 9.11. The highest BCUT2D eigenvalue weighted by Crippen LogP contribution is 2.12. The Labute approximate surface area is 90.3 Å². The lowest BCUT2D eigenvalue weighted by molar-refractivity contribution is 0.701. The summed E-state index contributed by atoms with van der Waals surface area (Å²) in [7, 11) is 0. The molecule has 15 heavy (non-hydrogen) atoms. The molecule has 0 saturated heterocycles. The number of hydrogen-bond donors (Lipinski definition) is 0. The van der Waals surface area contributed by atoms with Gasteiger partial charge in [-0.25, -0.2) is 0 Å². The van der Waals surface area contributed by atoms with Crippen molar-refractivity contribution in [3.63, 3.8) is 0 Å². The third kappa shape index (κ3) is 2.52. The largest absolute Gasteiger partial charge is 0.155 e. The maximum absolute atomic E-state index is 4.23. The Morgan fingerprint density at radius 3 is 2.80 bits per heavy atom. The van der Waals surface area contributed by atoms with Crippen LogP contribution in [-0.4, -0.2) is 10.2 Å². The van der Waals surface area contributed by atoms with Crippen molar-refractivity contribution >= 4 is 10.9 Å². The van der Waals surface area contributed by atoms with E-state index in [2.05, 4.69) is 29.3 Å². The topological polar surface area (TPSA) is 25.8 Å². The molecule has 0 spiro atoms. The van der Waals surface area contributed by atoms with Crippen LogP contribution >= 0.6 is 0 Å². The van der Waals surface area contributed by atoms with Gasteiger partial charge in [-0.05, 0) is 25.0 Å². The monoisotopic (exact) mass is 200 g/mol. The van der Waals surface area contributed by atoms with Gasteiger partial charge in [0.15, 0.2) is 0 Å². The fraction of sp³-hybridized carbons (Fsp3) is 0.385. The molecule has 0 unspecified atom stereocenters. The van der Waals surface area contributed by atoms with E-state index in [0.29, 0.717) is 0 Å². The molecule has 0 atom stereocenters. The summed E-state index contributed by atoms with van der Waals surface area (Å²) in [6.07, 6.45) is 4.78. The quantitative estimate of drug-likeness (QED) is 0.707. The minimum atomic E-state index is 0.983. The molecule has 0 aliphatic rings. The first-order chi connectivity index (χ1) is 7.40. The van der Waals surface area contributed by atoms with Gasteiger partial charge in [-0.2, -0.15) is 10.2 Å². The van der Waals surface area contributed by atoms with Crippen molar-refractivity contribution in [1.82, 2.24) is 10.2 Å². The number of aromatic nitrogens is 2. The van der Waals surface area contributed by atoms with Crippen molar-refractivity contribution in [3.8, 4) is 0 Å². The van der Waals surface area contributed by atoms with Crippen molar-refractivity contribution in [3.05, 3.63) is 36.0 Å². The van der Waals surface area contributed by atoms with E-state index < -0.39 is 0 Å². The van der Waals surface area contributed by atoms with Gasteiger partial charge >= 0.3 is 0 Å². The summed E-state index contributed by atoms with van der Waals surface area (Å²) in [4.78, 5) is 0. The molecule has 2 rings (SSSR count). The lowest BCUT2D eigenvalue weighted by Crippen LogP contribution is -1.93. The smallest absolute Gasteiger partial charge is 0.0929 e. The Balaban J connectivity index is 2.16. The molecular weight excluding hydrogens is 184 g/mol. The maximum atomic E-state index is 4.23. The van der Waals surface area contributed by atoms with Gasteiger partial charge in [0.05, 0.1) is 11.2 Å². The Bertz CT molecular complexity index is 437. The summed E-state index contributed by atoms with van der Waals surface area (Å²) < 4.78 is 0. The minimum absolute atomic E-state index is 0.983. The Kier molecular flexibility index (Phi) is 3.28. The summed E-state index contributed by atoms with van der Waals surface area (Å²) in [6, 6.07) is 10.3. The van der Waals surface area contributed by atoms with E-state index in [0.717, 1.165) is 17.6 Å². The zero-order valence-electron chi connectivity index (χ0n) is 9.11. The van der Waals surface area contributed by atoms with Crippen molar-refractivity contribution in [2.45, 2.75) is 32.6 Å². The third-order valence-electron chi connectivity index (χ3n) is 2.58. The van der Waals surface area contributed by atoms with Crippen LogP contribution in [0.15, 0.2) is 30.3 Å². The normalized spacial score (nSPS) is 10.7. The van der Waals surface area contributed by atoms with Crippen molar-refractivity contribution < 1.29 is 0 Å². The SMILES string of the molecule is CCCCCc1cc2ccccc2nn1. The van der Waals surface area contributed by atoms with Crippen LogP contribution in [0.2, 0.25) is 0 Å². The molecule has 1 aromatic carbocycles. The van der Waals surface area contributed by atoms with Crippen LogP contribution in [-0.2, 0) is 6.42 Å². The third-order valence-corrected chi connectivity index (χ3v) is 2.58. The Morgan fingerprint density at radius 2 is 1.93 bits per heavy atom. The maximum Gasteiger partial charge on any atom is 0.0929 e. The molecule has 0 saturated carbocycles. The van der Waals surface area contributed by atoms with Gasteiger partial charge in [0.25, 0.3) is 0 Å². The van der Waals surface area contributed by atoms with Crippen LogP contribution in [0.25, 0.3) is 10.9 Å². The van der Waals surface area contributed by atoms with E-state index in [1.807, 2.05) is 18.2 Å². The van der Waals surface area contributed by atoms with Gasteiger partial charge in [0.2, 0.25) is 0 Å². The van der Waals surface area contributed by atoms with E-state index in [9.17, 15) is 0 Å². The molecule has 2 aromatic rings. The minimum Gasteiger partial charge on any atom is -0.155 e. The van der Waals surface area contributed by atoms with Gasteiger partial charge in [-0.15, -0.1) is 0 Å². The van der Waals surface area contributed by atoms with E-state index >= 15 is 0 Å². The molecule has 0 N–H and O–H groups in total. The highest BCUT2D eigenvalue weighted by atomic mass is 15.1. The number of aryl methyl sites for hydroxylation is 1. The van der Waals surface area contributed by atoms with Gasteiger partial charge in [0.1, 0.15) is 0 Å². The molecule has 78 valence electrons. The molecule has 1 heterocycles. The predicted octanol–water partition coefficient (Wildman–Crippen LogP) is 3.36. The summed E-state index contributed by atoms with van der Waals surface area (Å²) in [5.41, 5.74) is 2.10. The summed E-state index contributed by atoms with van der Waals surface area (Å²) in [6.45, 7) is 2.21. The number of nitrogens with zero attached hydrogens (tertiary/aromatic N) is 2. The molecule has 0 radical (unpaired) electrons. The average molecular weight is 200 g/mol.